The minimum atomic E-state index is -0.167. The number of amides is 1. The maximum atomic E-state index is 12.8. The smallest absolute Gasteiger partial charge is 0.255 e. The van der Waals surface area contributed by atoms with E-state index < -0.39 is 0 Å². The van der Waals surface area contributed by atoms with Gasteiger partial charge in [0.15, 0.2) is 16.6 Å². The first-order valence-corrected chi connectivity index (χ1v) is 12.7. The molecule has 3 heterocycles. The molecule has 8 heteroatoms. The number of likely N-dealkylation sites (tertiary alicyclic amines) is 1. The van der Waals surface area contributed by atoms with Gasteiger partial charge in [0.2, 0.25) is 6.79 Å². The summed E-state index contributed by atoms with van der Waals surface area (Å²) in [6.45, 7) is 3.35. The summed E-state index contributed by atoms with van der Waals surface area (Å²) in [5, 5.41) is 7.47. The van der Waals surface area contributed by atoms with Crippen LogP contribution in [-0.4, -0.2) is 41.7 Å². The maximum Gasteiger partial charge on any atom is 0.255 e. The first kappa shape index (κ1) is 21.9. The average Bonchev–Trinajstić information content (AvgIpc) is 3.51. The summed E-state index contributed by atoms with van der Waals surface area (Å²) >= 11 is 1.60. The van der Waals surface area contributed by atoms with Crippen molar-refractivity contribution >= 4 is 38.3 Å². The van der Waals surface area contributed by atoms with Gasteiger partial charge in [-0.15, -0.1) is 0 Å². The van der Waals surface area contributed by atoms with E-state index in [0.29, 0.717) is 28.8 Å². The van der Waals surface area contributed by atoms with Crippen LogP contribution in [0, 0.1) is 0 Å². The first-order valence-electron chi connectivity index (χ1n) is 11.8. The highest BCUT2D eigenvalue weighted by Crippen LogP contribution is 2.34. The number of aromatic nitrogens is 1. The Morgan fingerprint density at radius 1 is 1.00 bits per heavy atom. The van der Waals surface area contributed by atoms with E-state index in [1.807, 2.05) is 24.3 Å². The number of nitrogens with zero attached hydrogens (tertiary/aromatic N) is 2. The molecule has 4 aromatic rings. The molecule has 3 aromatic carbocycles. The number of carbonyl (C=O) groups excluding carboxylic acids is 1. The van der Waals surface area contributed by atoms with Gasteiger partial charge in [0, 0.05) is 43.0 Å². The molecule has 1 amide bonds. The minimum Gasteiger partial charge on any atom is -0.454 e. The fourth-order valence-electron chi connectivity index (χ4n) is 4.56. The third-order valence-corrected chi connectivity index (χ3v) is 7.39. The summed E-state index contributed by atoms with van der Waals surface area (Å²) in [6.07, 6.45) is 2.18. The zero-order valence-electron chi connectivity index (χ0n) is 19.2. The first-order chi connectivity index (χ1) is 17.2. The molecular weight excluding hydrogens is 460 g/mol. The fourth-order valence-corrected chi connectivity index (χ4v) is 5.54. The summed E-state index contributed by atoms with van der Waals surface area (Å²) in [5.74, 6) is 1.16. The summed E-state index contributed by atoms with van der Waals surface area (Å²) in [6, 6.07) is 22.1. The number of anilines is 2. The molecule has 35 heavy (non-hydrogen) atoms. The standard InChI is InChI=1S/C27H26N4O3S/c32-26(28-21-7-9-23-24(15-21)34-17-33-23)19-6-8-22-25(14-19)35-27(30-22)29-20-10-12-31(13-11-20)16-18-4-2-1-3-5-18/h1-9,14-15,20H,10-13,16-17H2,(H,28,32)(H,29,30). The van der Waals surface area contributed by atoms with Crippen molar-refractivity contribution in [3.8, 4) is 11.5 Å². The third-order valence-electron chi connectivity index (χ3n) is 6.45. The molecule has 2 aliphatic heterocycles. The Kier molecular flexibility index (Phi) is 5.98. The lowest BCUT2D eigenvalue weighted by Gasteiger charge is -2.32. The number of rotatable bonds is 6. The van der Waals surface area contributed by atoms with Crippen molar-refractivity contribution in [3.05, 3.63) is 77.9 Å². The topological polar surface area (TPSA) is 75.7 Å². The molecule has 1 aromatic heterocycles. The lowest BCUT2D eigenvalue weighted by atomic mass is 10.0. The van der Waals surface area contributed by atoms with Crippen LogP contribution in [0.3, 0.4) is 0 Å². The molecule has 0 unspecified atom stereocenters. The Bertz CT molecular complexity index is 1350. The predicted molar refractivity (Wildman–Crippen MR) is 139 cm³/mol. The van der Waals surface area contributed by atoms with E-state index in [0.717, 1.165) is 47.8 Å². The Morgan fingerprint density at radius 2 is 1.83 bits per heavy atom. The Morgan fingerprint density at radius 3 is 2.69 bits per heavy atom. The lowest BCUT2D eigenvalue weighted by Crippen LogP contribution is -2.38. The normalized spacial score (nSPS) is 15.9. The zero-order valence-corrected chi connectivity index (χ0v) is 20.0. The Hall–Kier alpha value is -3.62. The molecule has 0 spiro atoms. The SMILES string of the molecule is O=C(Nc1ccc2c(c1)OCO2)c1ccc2nc(NC3CCN(Cc4ccccc4)CC3)sc2c1. The molecule has 1 saturated heterocycles. The average molecular weight is 487 g/mol. The van der Waals surface area contributed by atoms with E-state index in [4.69, 9.17) is 14.5 Å². The summed E-state index contributed by atoms with van der Waals surface area (Å²) in [5.41, 5.74) is 3.53. The van der Waals surface area contributed by atoms with E-state index in [1.54, 1.807) is 23.5 Å². The van der Waals surface area contributed by atoms with E-state index in [-0.39, 0.29) is 12.7 Å². The van der Waals surface area contributed by atoms with Crippen LogP contribution < -0.4 is 20.1 Å². The number of ether oxygens (including phenoxy) is 2. The number of benzene rings is 3. The largest absolute Gasteiger partial charge is 0.454 e. The van der Waals surface area contributed by atoms with Crippen LogP contribution in [0.5, 0.6) is 11.5 Å². The molecule has 7 nitrogen and oxygen atoms in total. The van der Waals surface area contributed by atoms with E-state index in [2.05, 4.69) is 45.9 Å². The van der Waals surface area contributed by atoms with Gasteiger partial charge in [-0.1, -0.05) is 41.7 Å². The lowest BCUT2D eigenvalue weighted by molar-refractivity contribution is 0.102. The molecule has 0 aliphatic carbocycles. The van der Waals surface area contributed by atoms with Gasteiger partial charge in [-0.25, -0.2) is 4.98 Å². The van der Waals surface area contributed by atoms with Crippen molar-refractivity contribution < 1.29 is 14.3 Å². The predicted octanol–water partition coefficient (Wildman–Crippen LogP) is 5.35. The van der Waals surface area contributed by atoms with Crippen LogP contribution in [0.4, 0.5) is 10.8 Å². The van der Waals surface area contributed by atoms with E-state index in [1.165, 1.54) is 5.56 Å². The van der Waals surface area contributed by atoms with Crippen LogP contribution in [0.2, 0.25) is 0 Å². The van der Waals surface area contributed by atoms with Crippen molar-refractivity contribution in [2.75, 3.05) is 30.5 Å². The quantitative estimate of drug-likeness (QED) is 0.383. The number of piperidine rings is 1. The van der Waals surface area contributed by atoms with Gasteiger partial charge in [-0.05, 0) is 48.7 Å². The highest BCUT2D eigenvalue weighted by atomic mass is 32.1. The molecule has 1 fully saturated rings. The molecule has 0 saturated carbocycles. The fraction of sp³-hybridized carbons (Fsp3) is 0.259. The van der Waals surface area contributed by atoms with Gasteiger partial charge < -0.3 is 20.1 Å². The third kappa shape index (κ3) is 4.94. The van der Waals surface area contributed by atoms with E-state index in [9.17, 15) is 4.79 Å². The Balaban J connectivity index is 1.07. The second-order valence-electron chi connectivity index (χ2n) is 8.90. The van der Waals surface area contributed by atoms with Crippen molar-refractivity contribution in [1.29, 1.82) is 0 Å². The number of thiazole rings is 1. The second-order valence-corrected chi connectivity index (χ2v) is 9.93. The molecule has 2 aliphatic rings. The van der Waals surface area contributed by atoms with Crippen molar-refractivity contribution in [3.63, 3.8) is 0 Å². The molecular formula is C27H26N4O3S. The molecule has 178 valence electrons. The highest BCUT2D eigenvalue weighted by molar-refractivity contribution is 7.22. The minimum absolute atomic E-state index is 0.167. The van der Waals surface area contributed by atoms with Crippen LogP contribution >= 0.6 is 11.3 Å². The monoisotopic (exact) mass is 486 g/mol. The van der Waals surface area contributed by atoms with Gasteiger partial charge in [0.25, 0.3) is 5.91 Å². The van der Waals surface area contributed by atoms with Crippen molar-refractivity contribution in [2.24, 2.45) is 0 Å². The molecule has 0 bridgehead atoms. The van der Waals surface area contributed by atoms with Crippen LogP contribution in [0.15, 0.2) is 66.7 Å². The number of nitrogens with one attached hydrogen (secondary N) is 2. The number of hydrogen-bond acceptors (Lipinski definition) is 7. The highest BCUT2D eigenvalue weighted by Gasteiger charge is 2.21. The van der Waals surface area contributed by atoms with Crippen LogP contribution in [-0.2, 0) is 6.54 Å². The van der Waals surface area contributed by atoms with Crippen molar-refractivity contribution in [1.82, 2.24) is 9.88 Å². The second kappa shape index (κ2) is 9.56. The molecule has 2 N–H and O–H groups in total. The van der Waals surface area contributed by atoms with Crippen LogP contribution in [0.25, 0.3) is 10.2 Å². The van der Waals surface area contributed by atoms with Crippen LogP contribution in [0.1, 0.15) is 28.8 Å². The van der Waals surface area contributed by atoms with E-state index >= 15 is 0 Å². The molecule has 6 rings (SSSR count). The number of fused-ring (bicyclic) bond motifs is 2. The van der Waals surface area contributed by atoms with Gasteiger partial charge in [0.1, 0.15) is 0 Å². The van der Waals surface area contributed by atoms with Gasteiger partial charge in [-0.2, -0.15) is 0 Å². The zero-order chi connectivity index (χ0) is 23.6. The summed E-state index contributed by atoms with van der Waals surface area (Å²) in [7, 11) is 0. The molecule has 0 atom stereocenters. The molecule has 0 radical (unpaired) electrons. The Labute approximate surface area is 207 Å². The summed E-state index contributed by atoms with van der Waals surface area (Å²) in [4.78, 5) is 20.1. The van der Waals surface area contributed by atoms with Crippen molar-refractivity contribution in [2.45, 2.75) is 25.4 Å². The maximum absolute atomic E-state index is 12.8. The van der Waals surface area contributed by atoms with Gasteiger partial charge >= 0.3 is 0 Å². The van der Waals surface area contributed by atoms with Gasteiger partial charge in [0.05, 0.1) is 10.2 Å². The summed E-state index contributed by atoms with van der Waals surface area (Å²) < 4.78 is 11.7. The number of hydrogen-bond donors (Lipinski definition) is 2. The van der Waals surface area contributed by atoms with Gasteiger partial charge in [-0.3, -0.25) is 9.69 Å². The number of carbonyl (C=O) groups is 1.